The molecule has 2 aromatic rings. The van der Waals surface area contributed by atoms with Crippen molar-refractivity contribution in [2.75, 3.05) is 0 Å². The molecule has 20 heavy (non-hydrogen) atoms. The SMILES string of the molecule is Cc1nc(C)c(C(=O)Cc2ccc(C(F)(F)F)cc2)s1. The van der Waals surface area contributed by atoms with E-state index in [9.17, 15) is 18.0 Å². The summed E-state index contributed by atoms with van der Waals surface area (Å²) in [4.78, 5) is 16.8. The highest BCUT2D eigenvalue weighted by molar-refractivity contribution is 7.13. The third kappa shape index (κ3) is 3.25. The van der Waals surface area contributed by atoms with E-state index >= 15 is 0 Å². The number of aryl methyl sites for hydroxylation is 2. The van der Waals surface area contributed by atoms with Gasteiger partial charge in [0.15, 0.2) is 5.78 Å². The Bertz CT molecular complexity index is 629. The maximum absolute atomic E-state index is 12.4. The van der Waals surface area contributed by atoms with Gasteiger partial charge in [-0.1, -0.05) is 12.1 Å². The number of hydrogen-bond donors (Lipinski definition) is 0. The summed E-state index contributed by atoms with van der Waals surface area (Å²) in [7, 11) is 0. The lowest BCUT2D eigenvalue weighted by Gasteiger charge is -2.07. The normalized spacial score (nSPS) is 11.7. The average molecular weight is 299 g/mol. The molecule has 1 aromatic carbocycles. The number of aromatic nitrogens is 1. The molecule has 0 unspecified atom stereocenters. The molecule has 0 saturated carbocycles. The molecule has 0 aliphatic heterocycles. The van der Waals surface area contributed by atoms with Crippen LogP contribution >= 0.6 is 11.3 Å². The molecule has 1 aromatic heterocycles. The summed E-state index contributed by atoms with van der Waals surface area (Å²) in [6.45, 7) is 3.57. The van der Waals surface area contributed by atoms with Crippen molar-refractivity contribution >= 4 is 17.1 Å². The molecule has 0 aliphatic rings. The lowest BCUT2D eigenvalue weighted by Crippen LogP contribution is -2.06. The highest BCUT2D eigenvalue weighted by Crippen LogP contribution is 2.29. The van der Waals surface area contributed by atoms with Crippen molar-refractivity contribution in [1.82, 2.24) is 4.98 Å². The summed E-state index contributed by atoms with van der Waals surface area (Å²) < 4.78 is 37.3. The predicted octanol–water partition coefficient (Wildman–Crippen LogP) is 4.20. The van der Waals surface area contributed by atoms with Crippen molar-refractivity contribution < 1.29 is 18.0 Å². The van der Waals surface area contributed by atoms with E-state index in [1.807, 2.05) is 6.92 Å². The first-order valence-electron chi connectivity index (χ1n) is 5.91. The molecule has 106 valence electrons. The molecule has 0 radical (unpaired) electrons. The van der Waals surface area contributed by atoms with Crippen molar-refractivity contribution in [2.45, 2.75) is 26.4 Å². The van der Waals surface area contributed by atoms with Gasteiger partial charge < -0.3 is 0 Å². The van der Waals surface area contributed by atoms with Crippen LogP contribution in [0.5, 0.6) is 0 Å². The van der Waals surface area contributed by atoms with E-state index in [2.05, 4.69) is 4.98 Å². The minimum Gasteiger partial charge on any atom is -0.293 e. The van der Waals surface area contributed by atoms with Gasteiger partial charge in [-0.3, -0.25) is 4.79 Å². The Labute approximate surface area is 118 Å². The Morgan fingerprint density at radius 3 is 2.25 bits per heavy atom. The van der Waals surface area contributed by atoms with Crippen LogP contribution < -0.4 is 0 Å². The lowest BCUT2D eigenvalue weighted by atomic mass is 10.1. The topological polar surface area (TPSA) is 30.0 Å². The minimum absolute atomic E-state index is 0.0839. The summed E-state index contributed by atoms with van der Waals surface area (Å²) in [6, 6.07) is 4.66. The van der Waals surface area contributed by atoms with Crippen LogP contribution in [0.1, 0.15) is 31.5 Å². The third-order valence-corrected chi connectivity index (χ3v) is 3.92. The van der Waals surface area contributed by atoms with Gasteiger partial charge in [0.1, 0.15) is 0 Å². The van der Waals surface area contributed by atoms with Crippen LogP contribution in [0.15, 0.2) is 24.3 Å². The quantitative estimate of drug-likeness (QED) is 0.795. The number of hydrogen-bond acceptors (Lipinski definition) is 3. The smallest absolute Gasteiger partial charge is 0.293 e. The van der Waals surface area contributed by atoms with E-state index in [0.717, 1.165) is 17.1 Å². The second-order valence-corrected chi connectivity index (χ2v) is 5.65. The molecule has 1 heterocycles. The van der Waals surface area contributed by atoms with Gasteiger partial charge in [-0.25, -0.2) is 4.98 Å². The van der Waals surface area contributed by atoms with Crippen LogP contribution in [-0.4, -0.2) is 10.8 Å². The number of carbonyl (C=O) groups excluding carboxylic acids is 1. The van der Waals surface area contributed by atoms with Crippen LogP contribution in [0.4, 0.5) is 13.2 Å². The second-order valence-electron chi connectivity index (χ2n) is 4.44. The molecule has 0 amide bonds. The van der Waals surface area contributed by atoms with Gasteiger partial charge in [-0.05, 0) is 31.5 Å². The van der Waals surface area contributed by atoms with Crippen LogP contribution in [-0.2, 0) is 12.6 Å². The first kappa shape index (κ1) is 14.7. The van der Waals surface area contributed by atoms with Crippen molar-refractivity contribution in [2.24, 2.45) is 0 Å². The van der Waals surface area contributed by atoms with E-state index in [1.54, 1.807) is 6.92 Å². The lowest BCUT2D eigenvalue weighted by molar-refractivity contribution is -0.137. The number of benzene rings is 1. The van der Waals surface area contributed by atoms with E-state index in [-0.39, 0.29) is 12.2 Å². The summed E-state index contributed by atoms with van der Waals surface area (Å²) >= 11 is 1.31. The number of ketones is 1. The fraction of sp³-hybridized carbons (Fsp3) is 0.286. The molecule has 2 rings (SSSR count). The molecule has 0 spiro atoms. The Balaban J connectivity index is 2.14. The van der Waals surface area contributed by atoms with E-state index in [0.29, 0.717) is 16.1 Å². The third-order valence-electron chi connectivity index (χ3n) is 2.80. The number of nitrogens with zero attached hydrogens (tertiary/aromatic N) is 1. The second kappa shape index (κ2) is 5.36. The maximum atomic E-state index is 12.4. The van der Waals surface area contributed by atoms with E-state index < -0.39 is 11.7 Å². The molecule has 0 aliphatic carbocycles. The van der Waals surface area contributed by atoms with Crippen molar-refractivity contribution in [1.29, 1.82) is 0 Å². The van der Waals surface area contributed by atoms with Gasteiger partial charge >= 0.3 is 6.18 Å². The fourth-order valence-electron chi connectivity index (χ4n) is 1.87. The van der Waals surface area contributed by atoms with Gasteiger partial charge in [-0.2, -0.15) is 13.2 Å². The average Bonchev–Trinajstić information content (AvgIpc) is 2.68. The van der Waals surface area contributed by atoms with Crippen LogP contribution in [0.2, 0.25) is 0 Å². The zero-order chi connectivity index (χ0) is 14.9. The minimum atomic E-state index is -4.35. The monoisotopic (exact) mass is 299 g/mol. The highest BCUT2D eigenvalue weighted by Gasteiger charge is 2.30. The van der Waals surface area contributed by atoms with E-state index in [4.69, 9.17) is 0 Å². The van der Waals surface area contributed by atoms with Crippen LogP contribution in [0.3, 0.4) is 0 Å². The largest absolute Gasteiger partial charge is 0.416 e. The maximum Gasteiger partial charge on any atom is 0.416 e. The Kier molecular flexibility index (Phi) is 3.94. The molecule has 0 atom stereocenters. The summed E-state index contributed by atoms with van der Waals surface area (Å²) in [5.41, 5.74) is 0.524. The summed E-state index contributed by atoms with van der Waals surface area (Å²) in [5.74, 6) is -0.118. The molecular weight excluding hydrogens is 287 g/mol. The fourth-order valence-corrected chi connectivity index (χ4v) is 2.72. The first-order valence-corrected chi connectivity index (χ1v) is 6.72. The van der Waals surface area contributed by atoms with Crippen molar-refractivity contribution in [3.05, 3.63) is 51.0 Å². The van der Waals surface area contributed by atoms with Crippen molar-refractivity contribution in [3.63, 3.8) is 0 Å². The molecule has 0 bridgehead atoms. The summed E-state index contributed by atoms with van der Waals surface area (Å²) in [6.07, 6.45) is -4.27. The van der Waals surface area contributed by atoms with Gasteiger partial charge in [0.25, 0.3) is 0 Å². The standard InChI is InChI=1S/C14H12F3NOS/c1-8-13(20-9(2)18-8)12(19)7-10-3-5-11(6-4-10)14(15,16)17/h3-6H,7H2,1-2H3. The number of thiazole rings is 1. The predicted molar refractivity (Wildman–Crippen MR) is 71.1 cm³/mol. The molecule has 0 N–H and O–H groups in total. The number of halogens is 3. The summed E-state index contributed by atoms with van der Waals surface area (Å²) in [5, 5.41) is 0.804. The Morgan fingerprint density at radius 1 is 1.20 bits per heavy atom. The van der Waals surface area contributed by atoms with Crippen LogP contribution in [0, 0.1) is 13.8 Å². The highest BCUT2D eigenvalue weighted by atomic mass is 32.1. The first-order chi connectivity index (χ1) is 9.27. The van der Waals surface area contributed by atoms with Gasteiger partial charge in [-0.15, -0.1) is 11.3 Å². The van der Waals surface area contributed by atoms with Gasteiger partial charge in [0.05, 0.1) is 21.1 Å². The molecular formula is C14H12F3NOS. The molecule has 6 heteroatoms. The zero-order valence-electron chi connectivity index (χ0n) is 10.9. The molecule has 0 fully saturated rings. The number of alkyl halides is 3. The Morgan fingerprint density at radius 2 is 1.80 bits per heavy atom. The molecule has 2 nitrogen and oxygen atoms in total. The zero-order valence-corrected chi connectivity index (χ0v) is 11.7. The van der Waals surface area contributed by atoms with E-state index in [1.165, 1.54) is 23.5 Å². The van der Waals surface area contributed by atoms with Gasteiger partial charge in [0.2, 0.25) is 0 Å². The van der Waals surface area contributed by atoms with Crippen LogP contribution in [0.25, 0.3) is 0 Å². The number of Topliss-reactive ketones (excluding diaryl/α,β-unsaturated/α-hetero) is 1. The van der Waals surface area contributed by atoms with Gasteiger partial charge in [0, 0.05) is 6.42 Å². The molecule has 0 saturated heterocycles. The van der Waals surface area contributed by atoms with Crippen molar-refractivity contribution in [3.8, 4) is 0 Å². The number of rotatable bonds is 3. The number of carbonyl (C=O) groups is 1. The Hall–Kier alpha value is -1.69.